The minimum atomic E-state index is -0.549. The first-order chi connectivity index (χ1) is 19.0. The zero-order valence-corrected chi connectivity index (χ0v) is 22.2. The summed E-state index contributed by atoms with van der Waals surface area (Å²) >= 11 is 0. The number of allylic oxidation sites excluding steroid dienone is 3. The molecule has 6 rings (SSSR count). The molecule has 7 heteroatoms. The van der Waals surface area contributed by atoms with Gasteiger partial charge in [-0.3, -0.25) is 9.78 Å². The van der Waals surface area contributed by atoms with E-state index in [0.29, 0.717) is 55.7 Å². The Morgan fingerprint density at radius 1 is 1.00 bits per heavy atom. The molecule has 0 spiro atoms. The minimum Gasteiger partial charge on any atom is -0.496 e. The molecule has 0 saturated carbocycles. The third-order valence-electron chi connectivity index (χ3n) is 8.06. The van der Waals surface area contributed by atoms with Crippen LogP contribution in [0.3, 0.4) is 0 Å². The van der Waals surface area contributed by atoms with Gasteiger partial charge in [-0.2, -0.15) is 0 Å². The van der Waals surface area contributed by atoms with E-state index in [1.165, 1.54) is 0 Å². The summed E-state index contributed by atoms with van der Waals surface area (Å²) in [6, 6.07) is 17.6. The Morgan fingerprint density at radius 3 is 2.62 bits per heavy atom. The largest absolute Gasteiger partial charge is 0.496 e. The van der Waals surface area contributed by atoms with Crippen molar-refractivity contribution in [1.29, 1.82) is 0 Å². The Morgan fingerprint density at radius 2 is 1.79 bits per heavy atom. The molecular weight excluding hydrogens is 492 g/mol. The first-order valence-electron chi connectivity index (χ1n) is 13.5. The van der Waals surface area contributed by atoms with Gasteiger partial charge in [-0.05, 0) is 42.7 Å². The maximum atomic E-state index is 14.1. The van der Waals surface area contributed by atoms with Gasteiger partial charge >= 0.3 is 5.97 Å². The molecule has 200 valence electrons. The maximum absolute atomic E-state index is 14.1. The van der Waals surface area contributed by atoms with Crippen LogP contribution in [0.25, 0.3) is 10.9 Å². The predicted molar refractivity (Wildman–Crippen MR) is 147 cm³/mol. The van der Waals surface area contributed by atoms with Crippen LogP contribution in [0.1, 0.15) is 55.6 Å². The van der Waals surface area contributed by atoms with Gasteiger partial charge in [0.2, 0.25) is 0 Å². The molecule has 0 amide bonds. The lowest BCUT2D eigenvalue weighted by atomic mass is 9.71. The average Bonchev–Trinajstić information content (AvgIpc) is 2.96. The van der Waals surface area contributed by atoms with Crippen molar-refractivity contribution in [2.24, 2.45) is 0 Å². The topological polar surface area (TPSA) is 86.8 Å². The molecule has 3 aliphatic rings. The van der Waals surface area contributed by atoms with E-state index in [4.69, 9.17) is 14.2 Å². The molecule has 1 saturated heterocycles. The molecule has 0 radical (unpaired) electrons. The van der Waals surface area contributed by atoms with E-state index in [-0.39, 0.29) is 23.8 Å². The van der Waals surface area contributed by atoms with Crippen LogP contribution < -0.4 is 10.1 Å². The van der Waals surface area contributed by atoms with Crippen molar-refractivity contribution in [3.63, 3.8) is 0 Å². The zero-order valence-electron chi connectivity index (χ0n) is 22.2. The highest BCUT2D eigenvalue weighted by Gasteiger charge is 2.42. The number of ketones is 1. The Balaban J connectivity index is 1.45. The van der Waals surface area contributed by atoms with Crippen LogP contribution in [0.5, 0.6) is 5.75 Å². The maximum Gasteiger partial charge on any atom is 0.337 e. The number of Topliss-reactive ketones (excluding diaryl/α,β-unsaturated/α-hetero) is 1. The number of nitrogens with zero attached hydrogens (tertiary/aromatic N) is 1. The average molecular weight is 525 g/mol. The summed E-state index contributed by atoms with van der Waals surface area (Å²) in [7, 11) is 1.65. The summed E-state index contributed by atoms with van der Waals surface area (Å²) in [6.07, 6.45) is 3.87. The van der Waals surface area contributed by atoms with Gasteiger partial charge in [0.15, 0.2) is 5.78 Å². The molecule has 2 aromatic carbocycles. The lowest BCUT2D eigenvalue weighted by molar-refractivity contribution is -0.148. The number of dihydropyridines is 1. The molecule has 2 atom stereocenters. The minimum absolute atomic E-state index is 0.0226. The van der Waals surface area contributed by atoms with Crippen LogP contribution in [0.15, 0.2) is 83.3 Å². The van der Waals surface area contributed by atoms with Gasteiger partial charge < -0.3 is 19.5 Å². The standard InChI is InChI=1S/C32H32N2O5/c1-19-29(32(36)39-21-12-15-38-16-13-21)30(24-8-5-10-25-23(24)9-6-14-33-25)31-26(34-19)17-20(18-27(31)35)22-7-3-4-11-28(22)37-2/h3-11,14,20-21,30,34H,12-13,15-18H2,1-2H3/t20-,30-/m1/s1. The fraction of sp³-hybridized carbons (Fsp3) is 0.344. The van der Waals surface area contributed by atoms with Gasteiger partial charge in [0.25, 0.3) is 0 Å². The molecule has 0 unspecified atom stereocenters. The van der Waals surface area contributed by atoms with Crippen LogP contribution in [0.2, 0.25) is 0 Å². The Kier molecular flexibility index (Phi) is 6.92. The number of fused-ring (bicyclic) bond motifs is 1. The lowest BCUT2D eigenvalue weighted by Gasteiger charge is -2.37. The van der Waals surface area contributed by atoms with Crippen LogP contribution in [-0.2, 0) is 19.1 Å². The van der Waals surface area contributed by atoms with Crippen molar-refractivity contribution in [1.82, 2.24) is 10.3 Å². The van der Waals surface area contributed by atoms with Crippen molar-refractivity contribution >= 4 is 22.7 Å². The number of hydrogen-bond acceptors (Lipinski definition) is 7. The van der Waals surface area contributed by atoms with E-state index < -0.39 is 5.92 Å². The summed E-state index contributed by atoms with van der Waals surface area (Å²) in [5.74, 6) is -0.163. The molecule has 39 heavy (non-hydrogen) atoms. The van der Waals surface area contributed by atoms with E-state index in [1.807, 2.05) is 61.5 Å². The number of benzene rings is 2. The molecule has 1 fully saturated rings. The molecular formula is C32H32N2O5. The Bertz CT molecular complexity index is 1500. The van der Waals surface area contributed by atoms with E-state index >= 15 is 0 Å². The molecule has 7 nitrogen and oxygen atoms in total. The molecule has 1 N–H and O–H groups in total. The normalized spacial score (nSPS) is 21.9. The number of nitrogens with one attached hydrogen (secondary N) is 1. The third-order valence-corrected chi connectivity index (χ3v) is 8.06. The number of para-hydroxylation sites is 1. The van der Waals surface area contributed by atoms with Gasteiger partial charge in [-0.15, -0.1) is 0 Å². The first-order valence-corrected chi connectivity index (χ1v) is 13.5. The Hall–Kier alpha value is -3.97. The van der Waals surface area contributed by atoms with Crippen LogP contribution in [0, 0.1) is 0 Å². The number of rotatable bonds is 5. The summed E-state index contributed by atoms with van der Waals surface area (Å²) in [4.78, 5) is 32.4. The molecule has 0 bridgehead atoms. The second-order valence-corrected chi connectivity index (χ2v) is 10.4. The van der Waals surface area contributed by atoms with E-state index in [9.17, 15) is 9.59 Å². The van der Waals surface area contributed by atoms with Gasteiger partial charge in [0.1, 0.15) is 11.9 Å². The van der Waals surface area contributed by atoms with Crippen molar-refractivity contribution < 1.29 is 23.8 Å². The zero-order chi connectivity index (χ0) is 26.9. The summed E-state index contributed by atoms with van der Waals surface area (Å²) in [5, 5.41) is 4.38. The van der Waals surface area contributed by atoms with Gasteiger partial charge in [0.05, 0.1) is 31.4 Å². The molecule has 2 aliphatic heterocycles. The monoisotopic (exact) mass is 524 g/mol. The Labute approximate surface area is 227 Å². The number of carbonyl (C=O) groups is 2. The van der Waals surface area contributed by atoms with E-state index in [0.717, 1.165) is 33.5 Å². The number of aromatic nitrogens is 1. The molecule has 1 aromatic heterocycles. The highest BCUT2D eigenvalue weighted by Crippen LogP contribution is 2.48. The van der Waals surface area contributed by atoms with Crippen molar-refractivity contribution in [3.8, 4) is 5.75 Å². The van der Waals surface area contributed by atoms with E-state index in [2.05, 4.69) is 10.3 Å². The van der Waals surface area contributed by atoms with Crippen LogP contribution >= 0.6 is 0 Å². The third kappa shape index (κ3) is 4.72. The van der Waals surface area contributed by atoms with E-state index in [1.54, 1.807) is 13.3 Å². The predicted octanol–water partition coefficient (Wildman–Crippen LogP) is 5.33. The van der Waals surface area contributed by atoms with Crippen molar-refractivity contribution in [3.05, 3.63) is 94.5 Å². The van der Waals surface area contributed by atoms with Gasteiger partial charge in [-0.1, -0.05) is 36.4 Å². The number of esters is 1. The smallest absolute Gasteiger partial charge is 0.337 e. The highest BCUT2D eigenvalue weighted by molar-refractivity contribution is 6.05. The molecule has 3 heterocycles. The molecule has 3 aromatic rings. The number of methoxy groups -OCH3 is 1. The van der Waals surface area contributed by atoms with Crippen molar-refractivity contribution in [2.75, 3.05) is 20.3 Å². The van der Waals surface area contributed by atoms with Gasteiger partial charge in [-0.25, -0.2) is 4.79 Å². The van der Waals surface area contributed by atoms with Crippen LogP contribution in [-0.4, -0.2) is 43.2 Å². The fourth-order valence-corrected chi connectivity index (χ4v) is 6.23. The summed E-state index contributed by atoms with van der Waals surface area (Å²) in [6.45, 7) is 3.05. The number of hydrogen-bond donors (Lipinski definition) is 1. The summed E-state index contributed by atoms with van der Waals surface area (Å²) < 4.78 is 17.1. The first kappa shape index (κ1) is 25.3. The number of pyridine rings is 1. The quantitative estimate of drug-likeness (QED) is 0.452. The number of carbonyl (C=O) groups excluding carboxylic acids is 2. The van der Waals surface area contributed by atoms with Gasteiger partial charge in [0, 0.05) is 59.6 Å². The SMILES string of the molecule is COc1ccccc1[C@H]1CC(=O)C2=C(C1)NC(C)=C(C(=O)OC1CCOCC1)[C@H]2c1cccc2ncccc12. The lowest BCUT2D eigenvalue weighted by Crippen LogP contribution is -2.37. The van der Waals surface area contributed by atoms with Crippen molar-refractivity contribution in [2.45, 2.75) is 50.5 Å². The summed E-state index contributed by atoms with van der Waals surface area (Å²) in [5.41, 5.74) is 5.41. The number of ether oxygens (including phenoxy) is 3. The van der Waals surface area contributed by atoms with Crippen LogP contribution in [0.4, 0.5) is 0 Å². The molecule has 1 aliphatic carbocycles. The highest BCUT2D eigenvalue weighted by atomic mass is 16.6. The fourth-order valence-electron chi connectivity index (χ4n) is 6.23. The second-order valence-electron chi connectivity index (χ2n) is 10.4. The second kappa shape index (κ2) is 10.7.